The summed E-state index contributed by atoms with van der Waals surface area (Å²) in [7, 11) is 0. The van der Waals surface area contributed by atoms with Crippen molar-refractivity contribution < 1.29 is 0 Å². The van der Waals surface area contributed by atoms with Crippen molar-refractivity contribution in [2.24, 2.45) is 0 Å². The number of pyridine rings is 1. The molecule has 0 fully saturated rings. The first-order valence-corrected chi connectivity index (χ1v) is 9.95. The molecular weight excluding hydrogens is 340 g/mol. The Morgan fingerprint density at radius 3 is 2.43 bits per heavy atom. The Labute approximate surface area is 164 Å². The first kappa shape index (κ1) is 14.6. The average molecular weight is 358 g/mol. The maximum atomic E-state index is 4.46. The van der Waals surface area contributed by atoms with Gasteiger partial charge >= 0.3 is 0 Å². The Hall–Kier alpha value is -3.39. The van der Waals surface area contributed by atoms with Gasteiger partial charge < -0.3 is 4.90 Å². The molecule has 0 saturated heterocycles. The van der Waals surface area contributed by atoms with Crippen LogP contribution >= 0.6 is 0 Å². The van der Waals surface area contributed by atoms with Crippen LogP contribution in [0.2, 0.25) is 0 Å². The van der Waals surface area contributed by atoms with Gasteiger partial charge in [-0.05, 0) is 63.1 Å². The summed E-state index contributed by atoms with van der Waals surface area (Å²) in [4.78, 5) is 6.93. The Morgan fingerprint density at radius 2 is 1.46 bits per heavy atom. The summed E-state index contributed by atoms with van der Waals surface area (Å²) in [5, 5.41) is 0. The fourth-order valence-corrected chi connectivity index (χ4v) is 5.45. The number of anilines is 3. The maximum absolute atomic E-state index is 4.46. The lowest BCUT2D eigenvalue weighted by Crippen LogP contribution is -2.25. The Morgan fingerprint density at radius 1 is 0.679 bits per heavy atom. The SMILES string of the molecule is c1ccc2c(c1)Cc1cc3c4c(c1-2)Cc1ccccc1N4c1cnccc1C3. The van der Waals surface area contributed by atoms with E-state index in [1.165, 1.54) is 61.6 Å². The largest absolute Gasteiger partial charge is 0.308 e. The second-order valence-corrected chi connectivity index (χ2v) is 8.05. The predicted molar refractivity (Wildman–Crippen MR) is 113 cm³/mol. The minimum atomic E-state index is 0.989. The van der Waals surface area contributed by atoms with Gasteiger partial charge in [0.05, 0.1) is 17.6 Å². The van der Waals surface area contributed by atoms with Crippen LogP contribution in [0.5, 0.6) is 0 Å². The molecule has 3 aromatic carbocycles. The monoisotopic (exact) mass is 358 g/mol. The van der Waals surface area contributed by atoms with Gasteiger partial charge in [-0.25, -0.2) is 0 Å². The highest BCUT2D eigenvalue weighted by atomic mass is 15.2. The quantitative estimate of drug-likeness (QED) is 0.334. The van der Waals surface area contributed by atoms with Crippen LogP contribution in [-0.2, 0) is 19.3 Å². The van der Waals surface area contributed by atoms with E-state index in [1.54, 1.807) is 0 Å². The standard InChI is InChI=1S/C26H18N2/c1-3-7-21-16(5-1)11-19-13-20-12-18-9-10-27-15-24(18)28-23-8-4-2-6-17(23)14-22(25(19)21)26(20)28/h1-10,13,15H,11-12,14H2. The van der Waals surface area contributed by atoms with Crippen molar-refractivity contribution in [1.29, 1.82) is 0 Å². The third kappa shape index (κ3) is 1.75. The number of fused-ring (bicyclic) bond motifs is 8. The predicted octanol–water partition coefficient (Wildman–Crippen LogP) is 5.93. The zero-order valence-electron chi connectivity index (χ0n) is 15.4. The molecule has 132 valence electrons. The summed E-state index contributed by atoms with van der Waals surface area (Å²) in [5.74, 6) is 0. The molecule has 0 saturated carbocycles. The molecule has 1 aromatic heterocycles. The van der Waals surface area contributed by atoms with Crippen LogP contribution in [0, 0.1) is 0 Å². The molecule has 3 heterocycles. The van der Waals surface area contributed by atoms with E-state index < -0.39 is 0 Å². The average Bonchev–Trinajstić information content (AvgIpc) is 3.11. The number of hydrogen-bond acceptors (Lipinski definition) is 2. The number of nitrogens with zero attached hydrogens (tertiary/aromatic N) is 2. The smallest absolute Gasteiger partial charge is 0.0680 e. The number of hydrogen-bond donors (Lipinski definition) is 0. The molecular formula is C26H18N2. The molecule has 0 N–H and O–H groups in total. The van der Waals surface area contributed by atoms with E-state index >= 15 is 0 Å². The van der Waals surface area contributed by atoms with E-state index in [1.807, 2.05) is 12.4 Å². The Kier molecular flexibility index (Phi) is 2.67. The Balaban J connectivity index is 1.60. The van der Waals surface area contributed by atoms with Crippen LogP contribution in [0.4, 0.5) is 17.1 Å². The molecule has 7 rings (SSSR count). The van der Waals surface area contributed by atoms with E-state index in [0.29, 0.717) is 0 Å². The van der Waals surface area contributed by atoms with Crippen molar-refractivity contribution in [3.63, 3.8) is 0 Å². The third-order valence-electron chi connectivity index (χ3n) is 6.56. The highest BCUT2D eigenvalue weighted by molar-refractivity contribution is 5.95. The van der Waals surface area contributed by atoms with Crippen LogP contribution in [-0.4, -0.2) is 4.98 Å². The zero-order valence-corrected chi connectivity index (χ0v) is 15.4. The minimum absolute atomic E-state index is 0.989. The second-order valence-electron chi connectivity index (χ2n) is 8.05. The summed E-state index contributed by atoms with van der Waals surface area (Å²) in [6.07, 6.45) is 7.00. The molecule has 4 aromatic rings. The molecule has 0 radical (unpaired) electrons. The molecule has 2 nitrogen and oxygen atoms in total. The summed E-state index contributed by atoms with van der Waals surface area (Å²) in [6, 6.07) is 22.4. The normalized spacial score (nSPS) is 14.6. The van der Waals surface area contributed by atoms with Crippen molar-refractivity contribution >= 4 is 17.1 Å². The van der Waals surface area contributed by atoms with Crippen molar-refractivity contribution in [3.8, 4) is 11.1 Å². The Bertz CT molecular complexity index is 1290. The number of aromatic nitrogens is 1. The second kappa shape index (κ2) is 5.11. The molecule has 2 aliphatic heterocycles. The molecule has 0 atom stereocenters. The topological polar surface area (TPSA) is 16.1 Å². The van der Waals surface area contributed by atoms with E-state index in [-0.39, 0.29) is 0 Å². The molecule has 28 heavy (non-hydrogen) atoms. The highest BCUT2D eigenvalue weighted by Crippen LogP contribution is 2.54. The van der Waals surface area contributed by atoms with Crippen LogP contribution in [0.1, 0.15) is 33.4 Å². The molecule has 2 heteroatoms. The van der Waals surface area contributed by atoms with Crippen molar-refractivity contribution in [2.75, 3.05) is 4.90 Å². The highest BCUT2D eigenvalue weighted by Gasteiger charge is 2.35. The van der Waals surface area contributed by atoms with Crippen molar-refractivity contribution in [3.05, 3.63) is 106 Å². The van der Waals surface area contributed by atoms with Gasteiger partial charge in [0.2, 0.25) is 0 Å². The van der Waals surface area contributed by atoms with Gasteiger partial charge in [0.25, 0.3) is 0 Å². The van der Waals surface area contributed by atoms with Gasteiger partial charge in [-0.3, -0.25) is 4.98 Å². The van der Waals surface area contributed by atoms with Crippen LogP contribution in [0.15, 0.2) is 73.1 Å². The summed E-state index contributed by atoms with van der Waals surface area (Å²) in [5.41, 5.74) is 15.5. The van der Waals surface area contributed by atoms with Gasteiger partial charge in [-0.2, -0.15) is 0 Å². The van der Waals surface area contributed by atoms with E-state index in [9.17, 15) is 0 Å². The van der Waals surface area contributed by atoms with E-state index in [2.05, 4.69) is 70.5 Å². The molecule has 3 aliphatic rings. The van der Waals surface area contributed by atoms with Crippen molar-refractivity contribution in [1.82, 2.24) is 4.98 Å². The summed E-state index contributed by atoms with van der Waals surface area (Å²) in [6.45, 7) is 0. The molecule has 0 spiro atoms. The van der Waals surface area contributed by atoms with E-state index in [4.69, 9.17) is 0 Å². The minimum Gasteiger partial charge on any atom is -0.308 e. The number of benzene rings is 3. The van der Waals surface area contributed by atoms with Crippen LogP contribution in [0.25, 0.3) is 11.1 Å². The molecule has 0 amide bonds. The molecule has 0 unspecified atom stereocenters. The summed E-state index contributed by atoms with van der Waals surface area (Å²) >= 11 is 0. The van der Waals surface area contributed by atoms with Gasteiger partial charge in [-0.1, -0.05) is 48.5 Å². The van der Waals surface area contributed by atoms with Crippen LogP contribution < -0.4 is 4.90 Å². The zero-order chi connectivity index (χ0) is 18.2. The van der Waals surface area contributed by atoms with Gasteiger partial charge in [0, 0.05) is 24.7 Å². The van der Waals surface area contributed by atoms with Gasteiger partial charge in [0.15, 0.2) is 0 Å². The van der Waals surface area contributed by atoms with E-state index in [0.717, 1.165) is 19.3 Å². The summed E-state index contributed by atoms with van der Waals surface area (Å²) < 4.78 is 0. The lowest BCUT2D eigenvalue weighted by molar-refractivity contribution is 0.998. The maximum Gasteiger partial charge on any atom is 0.0680 e. The lowest BCUT2D eigenvalue weighted by atomic mass is 9.82. The fourth-order valence-electron chi connectivity index (χ4n) is 5.45. The number of rotatable bonds is 0. The van der Waals surface area contributed by atoms with Crippen LogP contribution in [0.3, 0.4) is 0 Å². The third-order valence-corrected chi connectivity index (χ3v) is 6.56. The first-order valence-electron chi connectivity index (χ1n) is 9.95. The molecule has 1 aliphatic carbocycles. The fraction of sp³-hybridized carbons (Fsp3) is 0.115. The molecule has 0 bridgehead atoms. The first-order chi connectivity index (χ1) is 13.9. The lowest BCUT2D eigenvalue weighted by Gasteiger charge is -2.40. The van der Waals surface area contributed by atoms with Crippen molar-refractivity contribution in [2.45, 2.75) is 19.3 Å². The van der Waals surface area contributed by atoms with Gasteiger partial charge in [-0.15, -0.1) is 0 Å². The van der Waals surface area contributed by atoms with Gasteiger partial charge in [0.1, 0.15) is 0 Å². The number of para-hydroxylation sites is 1.